The van der Waals surface area contributed by atoms with Crippen molar-refractivity contribution < 1.29 is 5.11 Å². The van der Waals surface area contributed by atoms with E-state index >= 15 is 0 Å². The molecule has 7 rings (SSSR count). The van der Waals surface area contributed by atoms with Crippen LogP contribution in [0.1, 0.15) is 69.4 Å². The van der Waals surface area contributed by atoms with Gasteiger partial charge in [0, 0.05) is 17.3 Å². The lowest BCUT2D eigenvalue weighted by atomic mass is 9.79. The fraction of sp³-hybridized carbons (Fsp3) is 0.234. The number of hydrogen-bond donors (Lipinski definition) is 1. The fourth-order valence-corrected chi connectivity index (χ4v) is 7.39. The maximum atomic E-state index is 11.3. The van der Waals surface area contributed by atoms with E-state index in [4.69, 9.17) is 9.97 Å². The molecule has 0 spiro atoms. The summed E-state index contributed by atoms with van der Waals surface area (Å²) in [5, 5.41) is 11.3. The molecule has 7 aromatic rings. The Morgan fingerprint density at radius 2 is 1.27 bits per heavy atom. The minimum atomic E-state index is -0.148. The van der Waals surface area contributed by atoms with Crippen molar-refractivity contribution in [3.63, 3.8) is 0 Å². The highest BCUT2D eigenvalue weighted by Crippen LogP contribution is 2.44. The summed E-state index contributed by atoms with van der Waals surface area (Å²) < 4.78 is 2.28. The van der Waals surface area contributed by atoms with Crippen LogP contribution >= 0.6 is 0 Å². The Labute approximate surface area is 302 Å². The maximum absolute atomic E-state index is 11.3. The molecule has 0 bridgehead atoms. The quantitative estimate of drug-likeness (QED) is 0.198. The van der Waals surface area contributed by atoms with Gasteiger partial charge in [0.1, 0.15) is 11.6 Å². The monoisotopic (exact) mass is 669 g/mol. The van der Waals surface area contributed by atoms with Crippen LogP contribution in [0.2, 0.25) is 0 Å². The average molecular weight is 670 g/mol. The van der Waals surface area contributed by atoms with Gasteiger partial charge in [-0.05, 0) is 113 Å². The van der Waals surface area contributed by atoms with Crippen molar-refractivity contribution in [2.75, 3.05) is 0 Å². The van der Waals surface area contributed by atoms with Gasteiger partial charge < -0.3 is 5.11 Å². The number of rotatable bonds is 5. The third-order valence-corrected chi connectivity index (χ3v) is 9.91. The minimum absolute atomic E-state index is 0.143. The average Bonchev–Trinajstić information content (AvgIpc) is 3.46. The Kier molecular flexibility index (Phi) is 8.46. The second-order valence-corrected chi connectivity index (χ2v) is 16.0. The van der Waals surface area contributed by atoms with Gasteiger partial charge in [-0.3, -0.25) is 9.55 Å². The van der Waals surface area contributed by atoms with Crippen LogP contribution < -0.4 is 0 Å². The van der Waals surface area contributed by atoms with Crippen LogP contribution in [0.3, 0.4) is 0 Å². The molecule has 4 nitrogen and oxygen atoms in total. The summed E-state index contributed by atoms with van der Waals surface area (Å²) >= 11 is 0. The van der Waals surface area contributed by atoms with Gasteiger partial charge in [-0.25, -0.2) is 4.98 Å². The van der Waals surface area contributed by atoms with Crippen LogP contribution in [-0.4, -0.2) is 19.6 Å². The Balaban J connectivity index is 1.59. The first-order chi connectivity index (χ1) is 24.2. The minimum Gasteiger partial charge on any atom is -0.507 e. The maximum Gasteiger partial charge on any atom is 0.149 e. The number of fused-ring (bicyclic) bond motifs is 1. The predicted molar refractivity (Wildman–Crippen MR) is 214 cm³/mol. The topological polar surface area (TPSA) is 50.9 Å². The molecule has 0 saturated heterocycles. The van der Waals surface area contributed by atoms with Crippen LogP contribution in [-0.2, 0) is 10.8 Å². The Bertz CT molecular complexity index is 2400. The number of pyridine rings is 1. The van der Waals surface area contributed by atoms with Crippen molar-refractivity contribution in [2.45, 2.75) is 73.1 Å². The molecule has 0 radical (unpaired) electrons. The smallest absolute Gasteiger partial charge is 0.149 e. The second kappa shape index (κ2) is 12.7. The first-order valence-corrected chi connectivity index (χ1v) is 17.8. The highest BCUT2D eigenvalue weighted by Gasteiger charge is 2.28. The van der Waals surface area contributed by atoms with E-state index < -0.39 is 0 Å². The van der Waals surface area contributed by atoms with Crippen LogP contribution in [0.5, 0.6) is 5.75 Å². The largest absolute Gasteiger partial charge is 0.507 e. The summed E-state index contributed by atoms with van der Waals surface area (Å²) in [4.78, 5) is 10.4. The molecule has 0 unspecified atom stereocenters. The molecule has 1 N–H and O–H groups in total. The van der Waals surface area contributed by atoms with Gasteiger partial charge in [-0.15, -0.1) is 0 Å². The Hall–Kier alpha value is -5.48. The third-order valence-electron chi connectivity index (χ3n) is 9.91. The number of phenols is 1. The number of phenolic OH excluding ortho intramolecular Hbond substituents is 1. The molecule has 0 aliphatic rings. The van der Waals surface area contributed by atoms with E-state index in [2.05, 4.69) is 146 Å². The van der Waals surface area contributed by atoms with Gasteiger partial charge in [0.25, 0.3) is 0 Å². The summed E-state index contributed by atoms with van der Waals surface area (Å²) in [7, 11) is 0. The van der Waals surface area contributed by atoms with Gasteiger partial charge >= 0.3 is 0 Å². The molecule has 256 valence electrons. The molecule has 2 heterocycles. The van der Waals surface area contributed by atoms with Crippen molar-refractivity contribution >= 4 is 11.0 Å². The van der Waals surface area contributed by atoms with Crippen molar-refractivity contribution in [1.82, 2.24) is 14.5 Å². The molecule has 4 heteroatoms. The van der Waals surface area contributed by atoms with Crippen LogP contribution in [0.25, 0.3) is 61.6 Å². The Morgan fingerprint density at radius 3 is 1.94 bits per heavy atom. The van der Waals surface area contributed by atoms with E-state index in [0.29, 0.717) is 5.56 Å². The zero-order valence-corrected chi connectivity index (χ0v) is 31.3. The molecular formula is C47H47N3O. The second-order valence-electron chi connectivity index (χ2n) is 16.0. The number of hydrogen-bond acceptors (Lipinski definition) is 3. The fourth-order valence-electron chi connectivity index (χ4n) is 7.39. The van der Waals surface area contributed by atoms with E-state index in [1.54, 1.807) is 6.07 Å². The third kappa shape index (κ3) is 6.36. The highest BCUT2D eigenvalue weighted by atomic mass is 16.3. The lowest BCUT2D eigenvalue weighted by molar-refractivity contribution is 0.477. The number of imidazole rings is 1. The van der Waals surface area contributed by atoms with Crippen molar-refractivity contribution in [3.05, 3.63) is 143 Å². The summed E-state index contributed by atoms with van der Waals surface area (Å²) in [5.74, 6) is 0.923. The number of aryl methyl sites for hydroxylation is 3. The molecular weight excluding hydrogens is 623 g/mol. The van der Waals surface area contributed by atoms with E-state index in [-0.39, 0.29) is 16.6 Å². The molecule has 0 fully saturated rings. The van der Waals surface area contributed by atoms with Gasteiger partial charge in [0.05, 0.1) is 28.0 Å². The molecule has 51 heavy (non-hydrogen) atoms. The van der Waals surface area contributed by atoms with Gasteiger partial charge in [0.15, 0.2) is 0 Å². The number of para-hydroxylation sites is 1. The van der Waals surface area contributed by atoms with E-state index in [0.717, 1.165) is 67.2 Å². The summed E-state index contributed by atoms with van der Waals surface area (Å²) in [6, 6.07) is 38.1. The van der Waals surface area contributed by atoms with Crippen molar-refractivity contribution in [1.29, 1.82) is 0 Å². The van der Waals surface area contributed by atoms with Gasteiger partial charge in [0.2, 0.25) is 0 Å². The molecule has 0 atom stereocenters. The standard InChI is InChI=1S/C47H47N3O/c1-29-23-30(2)44(31(3)24-29)50-41-28-35(46(4,5)6)27-38(43(41)49-45(50)36-17-13-14-18-42(36)51)37-25-34(19-20-39(37)47(7,8)9)40-26-33(21-22-48-40)32-15-11-10-12-16-32/h10-28,51H,1-9H3. The van der Waals surface area contributed by atoms with Crippen LogP contribution in [0.15, 0.2) is 115 Å². The zero-order chi connectivity index (χ0) is 36.2. The number of aromatic hydroxyl groups is 1. The number of nitrogens with zero attached hydrogens (tertiary/aromatic N) is 3. The normalized spacial score (nSPS) is 12.1. The van der Waals surface area contributed by atoms with E-state index in [9.17, 15) is 5.11 Å². The Morgan fingerprint density at radius 1 is 0.588 bits per heavy atom. The number of benzene rings is 5. The molecule has 0 aliphatic heterocycles. The predicted octanol–water partition coefficient (Wildman–Crippen LogP) is 12.3. The summed E-state index contributed by atoms with van der Waals surface area (Å²) in [6.07, 6.45) is 1.90. The molecule has 0 aliphatic carbocycles. The van der Waals surface area contributed by atoms with Crippen LogP contribution in [0, 0.1) is 20.8 Å². The summed E-state index contributed by atoms with van der Waals surface area (Å²) in [5.41, 5.74) is 15.9. The van der Waals surface area contributed by atoms with Crippen molar-refractivity contribution in [3.8, 4) is 56.3 Å². The zero-order valence-electron chi connectivity index (χ0n) is 31.3. The molecule has 5 aromatic carbocycles. The lowest BCUT2D eigenvalue weighted by Gasteiger charge is -2.26. The number of aromatic nitrogens is 3. The lowest BCUT2D eigenvalue weighted by Crippen LogP contribution is -2.14. The SMILES string of the molecule is Cc1cc(C)c(-n2c(-c3ccccc3O)nc3c(-c4cc(-c5cc(-c6ccccc6)ccn5)ccc4C(C)(C)C)cc(C(C)(C)C)cc32)c(C)c1. The van der Waals surface area contributed by atoms with E-state index in [1.165, 1.54) is 16.7 Å². The summed E-state index contributed by atoms with van der Waals surface area (Å²) in [6.45, 7) is 20.1. The first kappa shape index (κ1) is 34.0. The molecule has 2 aromatic heterocycles. The first-order valence-electron chi connectivity index (χ1n) is 17.8. The van der Waals surface area contributed by atoms with E-state index in [1.807, 2.05) is 30.5 Å². The van der Waals surface area contributed by atoms with Gasteiger partial charge in [-0.2, -0.15) is 0 Å². The molecule has 0 saturated carbocycles. The van der Waals surface area contributed by atoms with Crippen LogP contribution in [0.4, 0.5) is 0 Å². The van der Waals surface area contributed by atoms with Gasteiger partial charge in [-0.1, -0.05) is 114 Å². The van der Waals surface area contributed by atoms with Crippen molar-refractivity contribution in [2.24, 2.45) is 0 Å². The highest BCUT2D eigenvalue weighted by molar-refractivity contribution is 5.98. The molecule has 0 amide bonds.